The second-order valence-electron chi connectivity index (χ2n) is 6.29. The van der Waals surface area contributed by atoms with Gasteiger partial charge in [0.2, 0.25) is 6.79 Å². The van der Waals surface area contributed by atoms with E-state index in [9.17, 15) is 14.7 Å². The van der Waals surface area contributed by atoms with Gasteiger partial charge < -0.3 is 19.3 Å². The zero-order valence-corrected chi connectivity index (χ0v) is 14.9. The smallest absolute Gasteiger partial charge is 0.231 e. The fraction of sp³-hybridized carbons (Fsp3) is 0.300. The first-order chi connectivity index (χ1) is 12.4. The van der Waals surface area contributed by atoms with Crippen LogP contribution in [-0.2, 0) is 11.2 Å². The molecule has 0 aromatic heterocycles. The standard InChI is InChI=1S/C20H20O6/c1-11(12(2)21)6-14-8-18(24-3)16(22)9-15(14)20(23)13-4-5-17-19(7-13)26-10-25-17/h4-5,7-9,11,22H,6,10H2,1-3H3/t11-/m1/s1. The second kappa shape index (κ2) is 7.07. The number of benzene rings is 2. The van der Waals surface area contributed by atoms with Gasteiger partial charge in [0.15, 0.2) is 28.8 Å². The molecule has 0 saturated carbocycles. The van der Waals surface area contributed by atoms with Crippen LogP contribution in [0.15, 0.2) is 30.3 Å². The van der Waals surface area contributed by atoms with Gasteiger partial charge in [-0.1, -0.05) is 6.92 Å². The Labute approximate surface area is 151 Å². The predicted molar refractivity (Wildman–Crippen MR) is 94.2 cm³/mol. The molecule has 1 atom stereocenters. The molecule has 6 nitrogen and oxygen atoms in total. The molecule has 0 radical (unpaired) electrons. The first kappa shape index (κ1) is 17.8. The van der Waals surface area contributed by atoms with Crippen LogP contribution in [0, 0.1) is 5.92 Å². The zero-order valence-electron chi connectivity index (χ0n) is 14.9. The van der Waals surface area contributed by atoms with Gasteiger partial charge in [0, 0.05) is 17.0 Å². The van der Waals surface area contributed by atoms with E-state index in [0.29, 0.717) is 34.6 Å². The molecule has 0 fully saturated rings. The lowest BCUT2D eigenvalue weighted by atomic mass is 9.90. The molecule has 136 valence electrons. The monoisotopic (exact) mass is 356 g/mol. The number of ether oxygens (including phenoxy) is 3. The summed E-state index contributed by atoms with van der Waals surface area (Å²) in [6, 6.07) is 7.93. The minimum atomic E-state index is -0.271. The van der Waals surface area contributed by atoms with Gasteiger partial charge in [0.25, 0.3) is 0 Å². The summed E-state index contributed by atoms with van der Waals surface area (Å²) < 4.78 is 15.7. The molecule has 2 aromatic carbocycles. The molecular formula is C20H20O6. The molecule has 0 unspecified atom stereocenters. The molecule has 1 aliphatic heterocycles. The van der Waals surface area contributed by atoms with Crippen LogP contribution in [0.4, 0.5) is 0 Å². The van der Waals surface area contributed by atoms with Gasteiger partial charge in [0.05, 0.1) is 7.11 Å². The van der Waals surface area contributed by atoms with Crippen molar-refractivity contribution >= 4 is 11.6 Å². The van der Waals surface area contributed by atoms with E-state index in [1.807, 2.05) is 0 Å². The highest BCUT2D eigenvalue weighted by atomic mass is 16.7. The number of rotatable bonds is 6. The van der Waals surface area contributed by atoms with Crippen molar-refractivity contribution in [2.24, 2.45) is 5.92 Å². The Morgan fingerprint density at radius 3 is 2.62 bits per heavy atom. The average molecular weight is 356 g/mol. The van der Waals surface area contributed by atoms with Crippen LogP contribution in [0.5, 0.6) is 23.0 Å². The number of hydrogen-bond acceptors (Lipinski definition) is 6. The van der Waals surface area contributed by atoms with Crippen molar-refractivity contribution in [3.8, 4) is 23.0 Å². The Kier molecular flexibility index (Phi) is 4.84. The van der Waals surface area contributed by atoms with E-state index >= 15 is 0 Å². The van der Waals surface area contributed by atoms with E-state index in [2.05, 4.69) is 0 Å². The summed E-state index contributed by atoms with van der Waals surface area (Å²) in [5.74, 6) is 0.726. The minimum Gasteiger partial charge on any atom is -0.504 e. The normalized spacial score (nSPS) is 13.3. The first-order valence-electron chi connectivity index (χ1n) is 8.25. The average Bonchev–Trinajstić information content (AvgIpc) is 3.09. The predicted octanol–water partition coefficient (Wildman–Crippen LogP) is 3.13. The second-order valence-corrected chi connectivity index (χ2v) is 6.29. The Bertz CT molecular complexity index is 871. The molecule has 0 saturated heterocycles. The van der Waals surface area contributed by atoms with Gasteiger partial charge in [0.1, 0.15) is 5.78 Å². The Morgan fingerprint density at radius 2 is 1.92 bits per heavy atom. The van der Waals surface area contributed by atoms with Gasteiger partial charge >= 0.3 is 0 Å². The van der Waals surface area contributed by atoms with E-state index in [-0.39, 0.29) is 35.8 Å². The summed E-state index contributed by atoms with van der Waals surface area (Å²) in [5.41, 5.74) is 1.39. The van der Waals surface area contributed by atoms with E-state index < -0.39 is 0 Å². The molecule has 0 amide bonds. The van der Waals surface area contributed by atoms with E-state index in [4.69, 9.17) is 14.2 Å². The van der Waals surface area contributed by atoms with Gasteiger partial charge in [-0.2, -0.15) is 0 Å². The lowest BCUT2D eigenvalue weighted by Gasteiger charge is -2.15. The van der Waals surface area contributed by atoms with Gasteiger partial charge in [-0.05, 0) is 49.2 Å². The number of methoxy groups -OCH3 is 1. The maximum atomic E-state index is 13.0. The Morgan fingerprint density at radius 1 is 1.19 bits per heavy atom. The van der Waals surface area contributed by atoms with Crippen LogP contribution in [0.2, 0.25) is 0 Å². The van der Waals surface area contributed by atoms with Crippen LogP contribution in [0.25, 0.3) is 0 Å². The maximum Gasteiger partial charge on any atom is 0.231 e. The molecule has 6 heteroatoms. The molecular weight excluding hydrogens is 336 g/mol. The summed E-state index contributed by atoms with van der Waals surface area (Å²) in [7, 11) is 1.44. The van der Waals surface area contributed by atoms with Crippen LogP contribution in [0.3, 0.4) is 0 Å². The third kappa shape index (κ3) is 3.35. The number of ketones is 2. The number of Topliss-reactive ketones (excluding diaryl/α,β-unsaturated/α-hetero) is 1. The number of phenols is 1. The van der Waals surface area contributed by atoms with Crippen LogP contribution >= 0.6 is 0 Å². The van der Waals surface area contributed by atoms with Gasteiger partial charge in [-0.3, -0.25) is 9.59 Å². The maximum absolute atomic E-state index is 13.0. The summed E-state index contributed by atoms with van der Waals surface area (Å²) >= 11 is 0. The van der Waals surface area contributed by atoms with E-state index in [0.717, 1.165) is 0 Å². The molecule has 3 rings (SSSR count). The number of aromatic hydroxyl groups is 1. The quantitative estimate of drug-likeness (QED) is 0.801. The van der Waals surface area contributed by atoms with Gasteiger partial charge in [-0.25, -0.2) is 0 Å². The van der Waals surface area contributed by atoms with Crippen molar-refractivity contribution in [1.29, 1.82) is 0 Å². The van der Waals surface area contributed by atoms with E-state index in [1.165, 1.54) is 20.1 Å². The van der Waals surface area contributed by atoms with Crippen molar-refractivity contribution in [2.45, 2.75) is 20.3 Å². The number of phenolic OH excluding ortho intramolecular Hbond substituents is 1. The van der Waals surface area contributed by atoms with Crippen LogP contribution in [0.1, 0.15) is 35.3 Å². The summed E-state index contributed by atoms with van der Waals surface area (Å²) in [4.78, 5) is 24.7. The first-order valence-corrected chi connectivity index (χ1v) is 8.25. The third-order valence-corrected chi connectivity index (χ3v) is 4.50. The topological polar surface area (TPSA) is 82.1 Å². The largest absolute Gasteiger partial charge is 0.504 e. The fourth-order valence-corrected chi connectivity index (χ4v) is 2.82. The zero-order chi connectivity index (χ0) is 18.8. The highest BCUT2D eigenvalue weighted by Crippen LogP contribution is 2.35. The number of hydrogen-bond donors (Lipinski definition) is 1. The highest BCUT2D eigenvalue weighted by molar-refractivity contribution is 6.10. The van der Waals surface area contributed by atoms with Crippen LogP contribution in [-0.4, -0.2) is 30.6 Å². The van der Waals surface area contributed by atoms with Crippen LogP contribution < -0.4 is 14.2 Å². The molecule has 1 aliphatic rings. The number of carbonyl (C=O) groups excluding carboxylic acids is 2. The summed E-state index contributed by atoms with van der Waals surface area (Å²) in [5, 5.41) is 10.1. The fourth-order valence-electron chi connectivity index (χ4n) is 2.82. The van der Waals surface area contributed by atoms with Crippen molar-refractivity contribution in [2.75, 3.05) is 13.9 Å². The molecule has 26 heavy (non-hydrogen) atoms. The molecule has 0 aliphatic carbocycles. The lowest BCUT2D eigenvalue weighted by molar-refractivity contribution is -0.120. The highest BCUT2D eigenvalue weighted by Gasteiger charge is 2.22. The van der Waals surface area contributed by atoms with Crippen molar-refractivity contribution < 1.29 is 28.9 Å². The third-order valence-electron chi connectivity index (χ3n) is 4.50. The lowest BCUT2D eigenvalue weighted by Crippen LogP contribution is -2.13. The molecule has 0 bridgehead atoms. The van der Waals surface area contributed by atoms with Gasteiger partial charge in [-0.15, -0.1) is 0 Å². The van der Waals surface area contributed by atoms with E-state index in [1.54, 1.807) is 31.2 Å². The Balaban J connectivity index is 2.03. The minimum absolute atomic E-state index is 0.0264. The van der Waals surface area contributed by atoms with Crippen molar-refractivity contribution in [3.05, 3.63) is 47.0 Å². The summed E-state index contributed by atoms with van der Waals surface area (Å²) in [6.45, 7) is 3.44. The van der Waals surface area contributed by atoms with Crippen molar-refractivity contribution in [1.82, 2.24) is 0 Å². The molecule has 2 aromatic rings. The van der Waals surface area contributed by atoms with Crippen molar-refractivity contribution in [3.63, 3.8) is 0 Å². The SMILES string of the molecule is COc1cc(C[C@@H](C)C(C)=O)c(C(=O)c2ccc3c(c2)OCO3)cc1O. The molecule has 1 N–H and O–H groups in total. The number of fused-ring (bicyclic) bond motifs is 1. The summed E-state index contributed by atoms with van der Waals surface area (Å²) in [6.07, 6.45) is 0.373. The number of carbonyl (C=O) groups is 2. The molecule has 0 spiro atoms. The Hall–Kier alpha value is -3.02. The molecule has 1 heterocycles.